The first-order valence-electron chi connectivity index (χ1n) is 5.76. The molecule has 8 heteroatoms. The van der Waals surface area contributed by atoms with Crippen molar-refractivity contribution in [3.05, 3.63) is 33.1 Å². The van der Waals surface area contributed by atoms with Crippen molar-refractivity contribution in [3.8, 4) is 0 Å². The summed E-state index contributed by atoms with van der Waals surface area (Å²) in [7, 11) is 0. The first-order valence-corrected chi connectivity index (χ1v) is 7.29. The quantitative estimate of drug-likeness (QED) is 0.526. The predicted octanol–water partition coefficient (Wildman–Crippen LogP) is 2.27. The first-order chi connectivity index (χ1) is 9.08. The van der Waals surface area contributed by atoms with Gasteiger partial charge in [0.2, 0.25) is 0 Å². The molecule has 1 aliphatic rings. The number of halogens is 1. The van der Waals surface area contributed by atoms with E-state index in [0.717, 1.165) is 36.6 Å². The number of rotatable bonds is 3. The molecular formula is C11H12ClN3O3S. The summed E-state index contributed by atoms with van der Waals surface area (Å²) in [6.45, 7) is 0. The van der Waals surface area contributed by atoms with E-state index in [2.05, 4.69) is 10.3 Å². The number of carbonyl (C=O) groups is 1. The molecule has 0 spiro atoms. The molecule has 0 bridgehead atoms. The van der Waals surface area contributed by atoms with Crippen LogP contribution in [0.2, 0.25) is 5.15 Å². The van der Waals surface area contributed by atoms with Crippen LogP contribution in [0.4, 0.5) is 5.69 Å². The zero-order valence-corrected chi connectivity index (χ0v) is 11.5. The van der Waals surface area contributed by atoms with E-state index in [9.17, 15) is 14.9 Å². The molecule has 1 unspecified atom stereocenters. The van der Waals surface area contributed by atoms with Crippen molar-refractivity contribution in [2.45, 2.75) is 18.9 Å². The molecule has 6 nitrogen and oxygen atoms in total. The Morgan fingerprint density at radius 2 is 2.42 bits per heavy atom. The molecule has 102 valence electrons. The van der Waals surface area contributed by atoms with Crippen molar-refractivity contribution in [1.82, 2.24) is 10.3 Å². The molecule has 1 fully saturated rings. The molecule has 0 saturated carbocycles. The highest BCUT2D eigenvalue weighted by atomic mass is 35.5. The lowest BCUT2D eigenvalue weighted by molar-refractivity contribution is -0.385. The van der Waals surface area contributed by atoms with Gasteiger partial charge in [0.25, 0.3) is 11.6 Å². The van der Waals surface area contributed by atoms with Crippen LogP contribution in [0.25, 0.3) is 0 Å². The van der Waals surface area contributed by atoms with Gasteiger partial charge in [-0.25, -0.2) is 4.98 Å². The van der Waals surface area contributed by atoms with Gasteiger partial charge in [0.1, 0.15) is 11.3 Å². The number of nitrogens with zero attached hydrogens (tertiary/aromatic N) is 2. The molecule has 1 aliphatic heterocycles. The lowest BCUT2D eigenvalue weighted by Gasteiger charge is -2.22. The molecule has 1 amide bonds. The third-order valence-corrected chi connectivity index (χ3v) is 4.29. The van der Waals surface area contributed by atoms with Crippen LogP contribution < -0.4 is 5.32 Å². The zero-order chi connectivity index (χ0) is 13.8. The number of hydrogen-bond donors (Lipinski definition) is 1. The standard InChI is InChI=1S/C11H12ClN3O3S/c12-10-9(4-8(5-13-10)15(17)18)11(16)14-7-2-1-3-19-6-7/h4-5,7H,1-3,6H2,(H,14,16). The van der Waals surface area contributed by atoms with Crippen LogP contribution in [-0.2, 0) is 0 Å². The van der Waals surface area contributed by atoms with Crippen molar-refractivity contribution in [2.24, 2.45) is 0 Å². The van der Waals surface area contributed by atoms with Crippen LogP contribution in [0.1, 0.15) is 23.2 Å². The summed E-state index contributed by atoms with van der Waals surface area (Å²) >= 11 is 7.59. The van der Waals surface area contributed by atoms with E-state index in [1.807, 2.05) is 0 Å². The zero-order valence-electron chi connectivity index (χ0n) is 9.97. The van der Waals surface area contributed by atoms with Crippen molar-refractivity contribution < 1.29 is 9.72 Å². The highest BCUT2D eigenvalue weighted by Gasteiger charge is 2.21. The van der Waals surface area contributed by atoms with Crippen molar-refractivity contribution in [2.75, 3.05) is 11.5 Å². The van der Waals surface area contributed by atoms with Gasteiger partial charge in [0.15, 0.2) is 0 Å². The number of pyridine rings is 1. The normalized spacial score (nSPS) is 18.9. The van der Waals surface area contributed by atoms with Crippen LogP contribution in [0.15, 0.2) is 12.3 Å². The van der Waals surface area contributed by atoms with Gasteiger partial charge in [-0.05, 0) is 18.6 Å². The maximum Gasteiger partial charge on any atom is 0.288 e. The number of nitrogens with one attached hydrogen (secondary N) is 1. The second-order valence-electron chi connectivity index (χ2n) is 4.18. The number of thioether (sulfide) groups is 1. The molecule has 0 aliphatic carbocycles. The third kappa shape index (κ3) is 3.57. The smallest absolute Gasteiger partial charge is 0.288 e. The highest BCUT2D eigenvalue weighted by Crippen LogP contribution is 2.21. The molecule has 1 aromatic heterocycles. The van der Waals surface area contributed by atoms with Crippen molar-refractivity contribution >= 4 is 35.0 Å². The molecule has 2 heterocycles. The minimum Gasteiger partial charge on any atom is -0.348 e. The van der Waals surface area contributed by atoms with Crippen LogP contribution >= 0.6 is 23.4 Å². The minimum atomic E-state index is -0.601. The van der Waals surface area contributed by atoms with Crippen LogP contribution in [0.5, 0.6) is 0 Å². The van der Waals surface area contributed by atoms with E-state index in [4.69, 9.17) is 11.6 Å². The minimum absolute atomic E-state index is 0.0217. The molecule has 0 radical (unpaired) electrons. The third-order valence-electron chi connectivity index (χ3n) is 2.78. The fraction of sp³-hybridized carbons (Fsp3) is 0.455. The van der Waals surface area contributed by atoms with Gasteiger partial charge >= 0.3 is 0 Å². The largest absolute Gasteiger partial charge is 0.348 e. The number of hydrogen-bond acceptors (Lipinski definition) is 5. The van der Waals surface area contributed by atoms with E-state index in [1.165, 1.54) is 0 Å². The van der Waals surface area contributed by atoms with Crippen LogP contribution in [0, 0.1) is 10.1 Å². The second kappa shape index (κ2) is 6.21. The molecule has 1 aromatic rings. The van der Waals surface area contributed by atoms with E-state index >= 15 is 0 Å². The molecular weight excluding hydrogens is 290 g/mol. The maximum absolute atomic E-state index is 12.0. The number of nitro groups is 1. The van der Waals surface area contributed by atoms with Gasteiger partial charge in [-0.15, -0.1) is 0 Å². The van der Waals surface area contributed by atoms with Crippen molar-refractivity contribution in [3.63, 3.8) is 0 Å². The van der Waals surface area contributed by atoms with Gasteiger partial charge in [0.05, 0.1) is 10.5 Å². The van der Waals surface area contributed by atoms with Gasteiger partial charge < -0.3 is 5.32 Å². The Balaban J connectivity index is 2.13. The first kappa shape index (κ1) is 14.1. The Kier molecular flexibility index (Phi) is 4.60. The summed E-state index contributed by atoms with van der Waals surface area (Å²) in [5, 5.41) is 13.5. The summed E-state index contributed by atoms with van der Waals surface area (Å²) in [5.41, 5.74) is -0.195. The average molecular weight is 302 g/mol. The van der Waals surface area contributed by atoms with Crippen LogP contribution in [0.3, 0.4) is 0 Å². The Morgan fingerprint density at radius 1 is 1.63 bits per heavy atom. The van der Waals surface area contributed by atoms with Gasteiger partial charge in [-0.1, -0.05) is 11.6 Å². The van der Waals surface area contributed by atoms with E-state index in [0.29, 0.717) is 0 Å². The van der Waals surface area contributed by atoms with Gasteiger partial charge in [-0.3, -0.25) is 14.9 Å². The maximum atomic E-state index is 12.0. The van der Waals surface area contributed by atoms with Gasteiger partial charge in [-0.2, -0.15) is 11.8 Å². The lowest BCUT2D eigenvalue weighted by atomic mass is 10.1. The van der Waals surface area contributed by atoms with Gasteiger partial charge in [0, 0.05) is 17.9 Å². The summed E-state index contributed by atoms with van der Waals surface area (Å²) in [6.07, 6.45) is 3.00. The lowest BCUT2D eigenvalue weighted by Crippen LogP contribution is -2.38. The van der Waals surface area contributed by atoms with E-state index in [1.54, 1.807) is 11.8 Å². The molecule has 19 heavy (non-hydrogen) atoms. The Hall–Kier alpha value is -1.34. The monoisotopic (exact) mass is 301 g/mol. The molecule has 0 aromatic carbocycles. The average Bonchev–Trinajstić information content (AvgIpc) is 2.40. The molecule has 2 rings (SSSR count). The Bertz CT molecular complexity index is 506. The molecule has 1 saturated heterocycles. The molecule has 1 atom stereocenters. The summed E-state index contributed by atoms with van der Waals surface area (Å²) in [5.74, 6) is 1.55. The summed E-state index contributed by atoms with van der Waals surface area (Å²) in [4.78, 5) is 25.8. The second-order valence-corrected chi connectivity index (χ2v) is 5.68. The highest BCUT2D eigenvalue weighted by molar-refractivity contribution is 7.99. The molecule has 1 N–H and O–H groups in total. The number of amides is 1. The summed E-state index contributed by atoms with van der Waals surface area (Å²) < 4.78 is 0. The number of carbonyl (C=O) groups excluding carboxylic acids is 1. The topological polar surface area (TPSA) is 85.1 Å². The van der Waals surface area contributed by atoms with E-state index in [-0.39, 0.29) is 22.4 Å². The Labute approximate surface area is 119 Å². The fourth-order valence-corrected chi connectivity index (χ4v) is 3.07. The predicted molar refractivity (Wildman–Crippen MR) is 73.7 cm³/mol. The Morgan fingerprint density at radius 3 is 3.05 bits per heavy atom. The SMILES string of the molecule is O=C(NC1CCCSC1)c1cc([N+](=O)[O-])cnc1Cl. The van der Waals surface area contributed by atoms with Crippen LogP contribution in [-0.4, -0.2) is 33.4 Å². The van der Waals surface area contributed by atoms with Crippen molar-refractivity contribution in [1.29, 1.82) is 0 Å². The summed E-state index contributed by atoms with van der Waals surface area (Å²) in [6, 6.07) is 1.24. The fourth-order valence-electron chi connectivity index (χ4n) is 1.81. The number of aromatic nitrogens is 1. The van der Waals surface area contributed by atoms with E-state index < -0.39 is 10.8 Å².